The van der Waals surface area contributed by atoms with Gasteiger partial charge in [-0.15, -0.1) is 0 Å². The summed E-state index contributed by atoms with van der Waals surface area (Å²) in [5, 5.41) is 12.0. The summed E-state index contributed by atoms with van der Waals surface area (Å²) >= 11 is 0. The van der Waals surface area contributed by atoms with Crippen LogP contribution in [-0.4, -0.2) is 30.1 Å². The Morgan fingerprint density at radius 2 is 1.90 bits per heavy atom. The Balaban J connectivity index is 2.28. The fraction of sp³-hybridized carbons (Fsp3) is 0.467. The van der Waals surface area contributed by atoms with E-state index in [4.69, 9.17) is 0 Å². The maximum absolute atomic E-state index is 11.7. The van der Waals surface area contributed by atoms with Crippen molar-refractivity contribution >= 4 is 23.3 Å². The molecule has 20 heavy (non-hydrogen) atoms. The second kappa shape index (κ2) is 5.94. The van der Waals surface area contributed by atoms with Crippen molar-refractivity contribution in [1.29, 1.82) is 0 Å². The van der Waals surface area contributed by atoms with Crippen LogP contribution in [0.15, 0.2) is 18.2 Å². The van der Waals surface area contributed by atoms with Crippen LogP contribution in [0.4, 0.5) is 11.4 Å². The highest BCUT2D eigenvalue weighted by Crippen LogP contribution is 2.26. The smallest absolute Gasteiger partial charge is 0.337 e. The SMILES string of the molecule is CC(C)C(=O)Nc1ccc(N2CCCC2)cc1C(=O)O. The van der Waals surface area contributed by atoms with Gasteiger partial charge in [0, 0.05) is 24.7 Å². The Morgan fingerprint density at radius 1 is 1.25 bits per heavy atom. The van der Waals surface area contributed by atoms with Crippen molar-refractivity contribution in [3.63, 3.8) is 0 Å². The molecule has 1 heterocycles. The molecule has 0 bridgehead atoms. The van der Waals surface area contributed by atoms with E-state index in [0.29, 0.717) is 5.69 Å². The number of carbonyl (C=O) groups excluding carboxylic acids is 1. The first kappa shape index (κ1) is 14.4. The van der Waals surface area contributed by atoms with Crippen molar-refractivity contribution < 1.29 is 14.7 Å². The molecule has 2 N–H and O–H groups in total. The molecule has 0 saturated carbocycles. The van der Waals surface area contributed by atoms with E-state index in [1.165, 1.54) is 0 Å². The first-order valence-electron chi connectivity index (χ1n) is 6.92. The van der Waals surface area contributed by atoms with E-state index >= 15 is 0 Å². The van der Waals surface area contributed by atoms with Crippen molar-refractivity contribution in [1.82, 2.24) is 0 Å². The van der Waals surface area contributed by atoms with Gasteiger partial charge in [-0.05, 0) is 31.0 Å². The molecule has 1 amide bonds. The Bertz CT molecular complexity index is 520. The van der Waals surface area contributed by atoms with Gasteiger partial charge in [0.05, 0.1) is 11.3 Å². The first-order chi connectivity index (χ1) is 9.49. The standard InChI is InChI=1S/C15H20N2O3/c1-10(2)14(18)16-13-6-5-11(9-12(13)15(19)20)17-7-3-4-8-17/h5-6,9-10H,3-4,7-8H2,1-2H3,(H,16,18)(H,19,20). The molecule has 5 heteroatoms. The fourth-order valence-electron chi connectivity index (χ4n) is 2.27. The summed E-state index contributed by atoms with van der Waals surface area (Å²) in [5.41, 5.74) is 1.41. The number of rotatable bonds is 4. The van der Waals surface area contributed by atoms with Crippen LogP contribution >= 0.6 is 0 Å². The van der Waals surface area contributed by atoms with Crippen molar-refractivity contribution in [2.75, 3.05) is 23.3 Å². The summed E-state index contributed by atoms with van der Waals surface area (Å²) in [6, 6.07) is 5.19. The molecular formula is C15H20N2O3. The van der Waals surface area contributed by atoms with Gasteiger partial charge in [-0.25, -0.2) is 4.79 Å². The molecule has 1 fully saturated rings. The van der Waals surface area contributed by atoms with Crippen LogP contribution in [0.1, 0.15) is 37.0 Å². The lowest BCUT2D eigenvalue weighted by Gasteiger charge is -2.19. The minimum absolute atomic E-state index is 0.142. The zero-order chi connectivity index (χ0) is 14.7. The van der Waals surface area contributed by atoms with Crippen LogP contribution in [0.3, 0.4) is 0 Å². The number of hydrogen-bond donors (Lipinski definition) is 2. The number of benzene rings is 1. The minimum Gasteiger partial charge on any atom is -0.478 e. The molecule has 2 rings (SSSR count). The summed E-state index contributed by atoms with van der Waals surface area (Å²) in [6.45, 7) is 5.45. The zero-order valence-corrected chi connectivity index (χ0v) is 11.8. The molecular weight excluding hydrogens is 256 g/mol. The van der Waals surface area contributed by atoms with E-state index in [9.17, 15) is 14.7 Å². The van der Waals surface area contributed by atoms with Crippen molar-refractivity contribution in [3.05, 3.63) is 23.8 Å². The topological polar surface area (TPSA) is 69.6 Å². The number of nitrogens with one attached hydrogen (secondary N) is 1. The van der Waals surface area contributed by atoms with Gasteiger partial charge in [-0.3, -0.25) is 4.79 Å². The van der Waals surface area contributed by atoms with Crippen molar-refractivity contribution in [3.8, 4) is 0 Å². The third-order valence-electron chi connectivity index (χ3n) is 3.49. The molecule has 108 valence electrons. The van der Waals surface area contributed by atoms with Gasteiger partial charge in [0.25, 0.3) is 0 Å². The van der Waals surface area contributed by atoms with E-state index in [-0.39, 0.29) is 17.4 Å². The molecule has 0 aromatic heterocycles. The number of carboxylic acid groups (broad SMARTS) is 1. The predicted octanol–water partition coefficient (Wildman–Crippen LogP) is 2.58. The van der Waals surface area contributed by atoms with E-state index in [0.717, 1.165) is 31.6 Å². The molecule has 1 aromatic rings. The highest BCUT2D eigenvalue weighted by molar-refractivity contribution is 6.01. The maximum Gasteiger partial charge on any atom is 0.337 e. The number of aromatic carboxylic acids is 1. The summed E-state index contributed by atoms with van der Waals surface area (Å²) in [4.78, 5) is 25.3. The highest BCUT2D eigenvalue weighted by Gasteiger charge is 2.18. The number of carboxylic acids is 1. The van der Waals surface area contributed by atoms with Crippen LogP contribution in [0.25, 0.3) is 0 Å². The number of hydrogen-bond acceptors (Lipinski definition) is 3. The van der Waals surface area contributed by atoms with Crippen LogP contribution < -0.4 is 10.2 Å². The van der Waals surface area contributed by atoms with Gasteiger partial charge >= 0.3 is 5.97 Å². The molecule has 0 spiro atoms. The van der Waals surface area contributed by atoms with Gasteiger partial charge < -0.3 is 15.3 Å². The van der Waals surface area contributed by atoms with E-state index in [2.05, 4.69) is 10.2 Å². The van der Waals surface area contributed by atoms with Gasteiger partial charge in [0.15, 0.2) is 0 Å². The number of anilines is 2. The molecule has 1 aliphatic heterocycles. The Kier molecular flexibility index (Phi) is 4.27. The normalized spacial score (nSPS) is 14.7. The molecule has 0 radical (unpaired) electrons. The number of nitrogens with zero attached hydrogens (tertiary/aromatic N) is 1. The number of amides is 1. The second-order valence-corrected chi connectivity index (χ2v) is 5.37. The maximum atomic E-state index is 11.7. The lowest BCUT2D eigenvalue weighted by molar-refractivity contribution is -0.118. The van der Waals surface area contributed by atoms with Crippen molar-refractivity contribution in [2.45, 2.75) is 26.7 Å². The van der Waals surface area contributed by atoms with Crippen LogP contribution in [0.2, 0.25) is 0 Å². The largest absolute Gasteiger partial charge is 0.478 e. The molecule has 0 atom stereocenters. The molecule has 5 nitrogen and oxygen atoms in total. The summed E-state index contributed by atoms with van der Waals surface area (Å²) in [5.74, 6) is -1.39. The average Bonchev–Trinajstić information content (AvgIpc) is 2.92. The molecule has 1 aliphatic rings. The Labute approximate surface area is 118 Å². The van der Waals surface area contributed by atoms with Gasteiger partial charge in [-0.1, -0.05) is 13.8 Å². The molecule has 1 saturated heterocycles. The third-order valence-corrected chi connectivity index (χ3v) is 3.49. The van der Waals surface area contributed by atoms with Crippen LogP contribution in [0, 0.1) is 5.92 Å². The summed E-state index contributed by atoms with van der Waals surface area (Å²) < 4.78 is 0. The predicted molar refractivity (Wildman–Crippen MR) is 78.3 cm³/mol. The first-order valence-corrected chi connectivity index (χ1v) is 6.92. The molecule has 0 unspecified atom stereocenters. The van der Waals surface area contributed by atoms with Crippen LogP contribution in [0.5, 0.6) is 0 Å². The lowest BCUT2D eigenvalue weighted by Crippen LogP contribution is -2.21. The van der Waals surface area contributed by atoms with E-state index < -0.39 is 5.97 Å². The molecule has 1 aromatic carbocycles. The highest BCUT2D eigenvalue weighted by atomic mass is 16.4. The monoisotopic (exact) mass is 276 g/mol. The second-order valence-electron chi connectivity index (χ2n) is 5.37. The van der Waals surface area contributed by atoms with Crippen LogP contribution in [-0.2, 0) is 4.79 Å². The quantitative estimate of drug-likeness (QED) is 0.886. The fourth-order valence-corrected chi connectivity index (χ4v) is 2.27. The molecule has 0 aliphatic carbocycles. The summed E-state index contributed by atoms with van der Waals surface area (Å²) in [6.07, 6.45) is 2.27. The Morgan fingerprint density at radius 3 is 2.45 bits per heavy atom. The average molecular weight is 276 g/mol. The van der Waals surface area contributed by atoms with Gasteiger partial charge in [0.2, 0.25) is 5.91 Å². The van der Waals surface area contributed by atoms with Gasteiger partial charge in [-0.2, -0.15) is 0 Å². The van der Waals surface area contributed by atoms with Gasteiger partial charge in [0.1, 0.15) is 0 Å². The van der Waals surface area contributed by atoms with E-state index in [1.54, 1.807) is 26.0 Å². The summed E-state index contributed by atoms with van der Waals surface area (Å²) in [7, 11) is 0. The third kappa shape index (κ3) is 3.10. The number of carbonyl (C=O) groups is 2. The lowest BCUT2D eigenvalue weighted by atomic mass is 10.1. The van der Waals surface area contributed by atoms with Crippen molar-refractivity contribution in [2.24, 2.45) is 5.92 Å². The minimum atomic E-state index is -1.02. The Hall–Kier alpha value is -2.04. The van der Waals surface area contributed by atoms with E-state index in [1.807, 2.05) is 6.07 Å². The zero-order valence-electron chi connectivity index (χ0n) is 11.8.